The SMILES string of the molecule is Cc1ccc(S(=O)(=O)NC(C)(CN)C2CC2)cc1[N+](=O)[O-].Cl. The molecule has 9 heteroatoms. The first kappa shape index (κ1) is 18.8. The maximum Gasteiger partial charge on any atom is 0.273 e. The molecule has 1 atom stereocenters. The van der Waals surface area contributed by atoms with Gasteiger partial charge in [0.1, 0.15) is 0 Å². The monoisotopic (exact) mass is 349 g/mol. The number of aryl methyl sites for hydroxylation is 1. The van der Waals surface area contributed by atoms with Crippen LogP contribution in [0.5, 0.6) is 0 Å². The lowest BCUT2D eigenvalue weighted by Gasteiger charge is -2.29. The number of sulfonamides is 1. The predicted octanol–water partition coefficient (Wildman–Crippen LogP) is 1.73. The fourth-order valence-electron chi connectivity index (χ4n) is 2.33. The largest absolute Gasteiger partial charge is 0.329 e. The third-order valence-electron chi connectivity index (χ3n) is 3.96. The van der Waals surface area contributed by atoms with Gasteiger partial charge in [-0.1, -0.05) is 6.07 Å². The second kappa shape index (κ2) is 6.49. The number of benzene rings is 1. The van der Waals surface area contributed by atoms with Crippen LogP contribution in [0.15, 0.2) is 23.1 Å². The van der Waals surface area contributed by atoms with E-state index in [1.165, 1.54) is 12.1 Å². The van der Waals surface area contributed by atoms with Crippen molar-refractivity contribution in [1.82, 2.24) is 4.72 Å². The summed E-state index contributed by atoms with van der Waals surface area (Å²) in [5, 5.41) is 10.9. The van der Waals surface area contributed by atoms with E-state index in [1.807, 2.05) is 0 Å². The van der Waals surface area contributed by atoms with Crippen LogP contribution in [0.1, 0.15) is 25.3 Å². The summed E-state index contributed by atoms with van der Waals surface area (Å²) in [4.78, 5) is 10.2. The molecule has 3 N–H and O–H groups in total. The molecule has 124 valence electrons. The van der Waals surface area contributed by atoms with E-state index in [0.717, 1.165) is 18.9 Å². The van der Waals surface area contributed by atoms with E-state index in [9.17, 15) is 18.5 Å². The highest BCUT2D eigenvalue weighted by molar-refractivity contribution is 7.89. The zero-order valence-electron chi connectivity index (χ0n) is 12.4. The first-order chi connectivity index (χ1) is 9.69. The zero-order chi connectivity index (χ0) is 15.8. The summed E-state index contributed by atoms with van der Waals surface area (Å²) in [6, 6.07) is 3.89. The molecule has 1 aliphatic carbocycles. The predicted molar refractivity (Wildman–Crippen MR) is 85.6 cm³/mol. The van der Waals surface area contributed by atoms with Crippen LogP contribution in [0, 0.1) is 23.0 Å². The molecule has 1 aromatic carbocycles. The normalized spacial score (nSPS) is 17.4. The highest BCUT2D eigenvalue weighted by Crippen LogP contribution is 2.39. The van der Waals surface area contributed by atoms with E-state index < -0.39 is 20.5 Å². The van der Waals surface area contributed by atoms with Crippen molar-refractivity contribution in [3.8, 4) is 0 Å². The first-order valence-corrected chi connectivity index (χ1v) is 8.17. The average Bonchev–Trinajstić information content (AvgIpc) is 3.22. The zero-order valence-corrected chi connectivity index (χ0v) is 14.0. The molecule has 0 aliphatic heterocycles. The van der Waals surface area contributed by atoms with E-state index in [-0.39, 0.29) is 35.5 Å². The Morgan fingerprint density at radius 3 is 2.50 bits per heavy atom. The number of nitro groups is 1. The van der Waals surface area contributed by atoms with Gasteiger partial charge in [0.25, 0.3) is 5.69 Å². The molecule has 1 unspecified atom stereocenters. The third kappa shape index (κ3) is 3.75. The number of nitrogens with two attached hydrogens (primary N) is 1. The Hall–Kier alpha value is -1.22. The number of nitro benzene ring substituents is 1. The Bertz CT molecular complexity index is 676. The molecule has 0 bridgehead atoms. The summed E-state index contributed by atoms with van der Waals surface area (Å²) >= 11 is 0. The highest BCUT2D eigenvalue weighted by Gasteiger charge is 2.43. The van der Waals surface area contributed by atoms with Gasteiger partial charge in [-0.05, 0) is 38.7 Å². The maximum atomic E-state index is 12.4. The van der Waals surface area contributed by atoms with Crippen LogP contribution >= 0.6 is 12.4 Å². The molecule has 0 spiro atoms. The van der Waals surface area contributed by atoms with Gasteiger partial charge in [0.15, 0.2) is 0 Å². The Balaban J connectivity index is 0.00000242. The molecule has 1 aromatic rings. The van der Waals surface area contributed by atoms with Gasteiger partial charge in [0, 0.05) is 23.7 Å². The van der Waals surface area contributed by atoms with Gasteiger partial charge < -0.3 is 5.73 Å². The highest BCUT2D eigenvalue weighted by atomic mass is 35.5. The molecule has 22 heavy (non-hydrogen) atoms. The second-order valence-corrected chi connectivity index (χ2v) is 7.39. The Morgan fingerprint density at radius 2 is 2.05 bits per heavy atom. The Kier molecular flexibility index (Phi) is 5.56. The fourth-order valence-corrected chi connectivity index (χ4v) is 3.83. The van der Waals surface area contributed by atoms with Crippen molar-refractivity contribution in [2.75, 3.05) is 6.54 Å². The summed E-state index contributed by atoms with van der Waals surface area (Å²) in [6.45, 7) is 3.52. The molecule has 0 aromatic heterocycles. The second-order valence-electron chi connectivity index (χ2n) is 5.71. The minimum absolute atomic E-state index is 0. The molecule has 1 saturated carbocycles. The Labute approximate surface area is 135 Å². The van der Waals surface area contributed by atoms with Gasteiger partial charge >= 0.3 is 0 Å². The summed E-state index contributed by atoms with van der Waals surface area (Å²) in [7, 11) is -3.84. The van der Waals surface area contributed by atoms with Crippen LogP contribution in [-0.2, 0) is 10.0 Å². The lowest BCUT2D eigenvalue weighted by Crippen LogP contribution is -2.52. The fraction of sp³-hybridized carbons (Fsp3) is 0.538. The molecule has 0 radical (unpaired) electrons. The minimum Gasteiger partial charge on any atom is -0.329 e. The van der Waals surface area contributed by atoms with Crippen molar-refractivity contribution in [1.29, 1.82) is 0 Å². The third-order valence-corrected chi connectivity index (χ3v) is 5.57. The van der Waals surface area contributed by atoms with Gasteiger partial charge in [-0.15, -0.1) is 12.4 Å². The summed E-state index contributed by atoms with van der Waals surface area (Å²) in [5.74, 6) is 0.220. The van der Waals surface area contributed by atoms with Crippen molar-refractivity contribution in [3.05, 3.63) is 33.9 Å². The van der Waals surface area contributed by atoms with Crippen LogP contribution in [0.4, 0.5) is 5.69 Å². The van der Waals surface area contributed by atoms with Crippen molar-refractivity contribution in [3.63, 3.8) is 0 Å². The summed E-state index contributed by atoms with van der Waals surface area (Å²) in [5.41, 5.74) is 5.20. The molecular formula is C13H20ClN3O4S. The molecule has 7 nitrogen and oxygen atoms in total. The van der Waals surface area contributed by atoms with Gasteiger partial charge in [-0.25, -0.2) is 13.1 Å². The summed E-state index contributed by atoms with van der Waals surface area (Å²) in [6.07, 6.45) is 1.87. The standard InChI is InChI=1S/C13H19N3O4S.ClH/c1-9-3-6-11(7-12(9)16(17)18)21(19,20)15-13(2,8-14)10-4-5-10;/h3,6-7,10,15H,4-5,8,14H2,1-2H3;1H. The number of rotatable bonds is 6. The van der Waals surface area contributed by atoms with Gasteiger partial charge in [-0.3, -0.25) is 10.1 Å². The lowest BCUT2D eigenvalue weighted by atomic mass is 9.98. The van der Waals surface area contributed by atoms with Crippen molar-refractivity contribution >= 4 is 28.1 Å². The van der Waals surface area contributed by atoms with Crippen LogP contribution < -0.4 is 10.5 Å². The Morgan fingerprint density at radius 1 is 1.45 bits per heavy atom. The number of nitrogens with zero attached hydrogens (tertiary/aromatic N) is 1. The number of hydrogen-bond acceptors (Lipinski definition) is 5. The van der Waals surface area contributed by atoms with Crippen LogP contribution in [0.2, 0.25) is 0 Å². The molecule has 1 fully saturated rings. The quantitative estimate of drug-likeness (QED) is 0.599. The van der Waals surface area contributed by atoms with E-state index >= 15 is 0 Å². The molecule has 1 aliphatic rings. The number of nitrogens with one attached hydrogen (secondary N) is 1. The van der Waals surface area contributed by atoms with Gasteiger partial charge in [0.2, 0.25) is 10.0 Å². The van der Waals surface area contributed by atoms with Crippen LogP contribution in [0.25, 0.3) is 0 Å². The van der Waals surface area contributed by atoms with Crippen molar-refractivity contribution in [2.45, 2.75) is 37.1 Å². The van der Waals surface area contributed by atoms with Gasteiger partial charge in [0.05, 0.1) is 9.82 Å². The molecule has 0 amide bonds. The molecule has 0 heterocycles. The van der Waals surface area contributed by atoms with Crippen LogP contribution in [-0.4, -0.2) is 25.4 Å². The average molecular weight is 350 g/mol. The minimum atomic E-state index is -3.84. The number of halogens is 1. The smallest absolute Gasteiger partial charge is 0.273 e. The first-order valence-electron chi connectivity index (χ1n) is 6.69. The summed E-state index contributed by atoms with van der Waals surface area (Å²) < 4.78 is 27.5. The number of hydrogen-bond donors (Lipinski definition) is 2. The maximum absolute atomic E-state index is 12.4. The van der Waals surface area contributed by atoms with Gasteiger partial charge in [-0.2, -0.15) is 0 Å². The lowest BCUT2D eigenvalue weighted by molar-refractivity contribution is -0.385. The van der Waals surface area contributed by atoms with Crippen molar-refractivity contribution in [2.24, 2.45) is 11.7 Å². The molecule has 0 saturated heterocycles. The molecular weight excluding hydrogens is 330 g/mol. The van der Waals surface area contributed by atoms with E-state index in [1.54, 1.807) is 13.8 Å². The van der Waals surface area contributed by atoms with E-state index in [0.29, 0.717) is 5.56 Å². The molecule has 2 rings (SSSR count). The van der Waals surface area contributed by atoms with Crippen molar-refractivity contribution < 1.29 is 13.3 Å². The van der Waals surface area contributed by atoms with Crippen LogP contribution in [0.3, 0.4) is 0 Å². The van der Waals surface area contributed by atoms with E-state index in [4.69, 9.17) is 5.73 Å². The topological polar surface area (TPSA) is 115 Å². The van der Waals surface area contributed by atoms with E-state index in [2.05, 4.69) is 4.72 Å².